The Hall–Kier alpha value is -1.47. The summed E-state index contributed by atoms with van der Waals surface area (Å²) in [6.45, 7) is 0.0945. The lowest BCUT2D eigenvalue weighted by Crippen LogP contribution is -1.97. The molecule has 0 N–H and O–H groups in total. The van der Waals surface area contributed by atoms with Gasteiger partial charge in [0, 0.05) is 18.9 Å². The van der Waals surface area contributed by atoms with Gasteiger partial charge in [-0.15, -0.1) is 0 Å². The van der Waals surface area contributed by atoms with E-state index in [0.717, 1.165) is 6.20 Å². The average molecular weight is 166 g/mol. The van der Waals surface area contributed by atoms with Crippen LogP contribution in [0.3, 0.4) is 0 Å². The van der Waals surface area contributed by atoms with Crippen molar-refractivity contribution in [3.63, 3.8) is 0 Å². The van der Waals surface area contributed by atoms with Crippen molar-refractivity contribution in [1.82, 2.24) is 4.98 Å². The molecule has 0 saturated carbocycles. The van der Waals surface area contributed by atoms with Gasteiger partial charge in [-0.2, -0.15) is 5.26 Å². The molecule has 1 rings (SSSR count). The topological polar surface area (TPSA) is 45.9 Å². The first-order valence-corrected chi connectivity index (χ1v) is 3.31. The molecular weight excluding hydrogens is 159 g/mol. The molecule has 0 atom stereocenters. The Bertz CT molecular complexity index is 319. The molecule has 1 aromatic heterocycles. The van der Waals surface area contributed by atoms with Crippen LogP contribution in [0.2, 0.25) is 0 Å². The van der Waals surface area contributed by atoms with Gasteiger partial charge in [-0.25, -0.2) is 4.39 Å². The molecule has 0 fully saturated rings. The maximum atomic E-state index is 12.9. The highest BCUT2D eigenvalue weighted by Crippen LogP contribution is 2.11. The number of nitriles is 1. The first-order chi connectivity index (χ1) is 5.79. The fraction of sp³-hybridized carbons (Fsp3) is 0.250. The van der Waals surface area contributed by atoms with E-state index in [1.54, 1.807) is 0 Å². The summed E-state index contributed by atoms with van der Waals surface area (Å²) in [5, 5.41) is 8.56. The Morgan fingerprint density at radius 1 is 1.67 bits per heavy atom. The van der Waals surface area contributed by atoms with Crippen molar-refractivity contribution in [2.75, 3.05) is 7.11 Å². The number of ether oxygens (including phenoxy) is 1. The monoisotopic (exact) mass is 166 g/mol. The van der Waals surface area contributed by atoms with Crippen molar-refractivity contribution in [3.05, 3.63) is 29.3 Å². The van der Waals surface area contributed by atoms with Crippen LogP contribution in [-0.4, -0.2) is 12.1 Å². The Balaban J connectivity index is 3.13. The van der Waals surface area contributed by atoms with Crippen LogP contribution in [0.25, 0.3) is 0 Å². The van der Waals surface area contributed by atoms with Crippen LogP contribution < -0.4 is 0 Å². The van der Waals surface area contributed by atoms with Gasteiger partial charge in [0.25, 0.3) is 0 Å². The van der Waals surface area contributed by atoms with E-state index in [4.69, 9.17) is 10.00 Å². The highest BCUT2D eigenvalue weighted by Gasteiger charge is 2.07. The van der Waals surface area contributed by atoms with Gasteiger partial charge in [0.15, 0.2) is 0 Å². The number of aromatic nitrogens is 1. The Morgan fingerprint density at radius 3 is 3.00 bits per heavy atom. The van der Waals surface area contributed by atoms with E-state index in [1.807, 2.05) is 6.07 Å². The van der Waals surface area contributed by atoms with E-state index in [1.165, 1.54) is 13.3 Å². The third kappa shape index (κ3) is 1.57. The molecule has 1 aromatic rings. The second-order valence-corrected chi connectivity index (χ2v) is 2.19. The van der Waals surface area contributed by atoms with E-state index >= 15 is 0 Å². The lowest BCUT2D eigenvalue weighted by Gasteiger charge is -2.01. The third-order valence-electron chi connectivity index (χ3n) is 1.41. The molecule has 3 nitrogen and oxygen atoms in total. The molecule has 12 heavy (non-hydrogen) atoms. The van der Waals surface area contributed by atoms with Crippen molar-refractivity contribution in [2.45, 2.75) is 6.61 Å². The number of hydrogen-bond donors (Lipinski definition) is 0. The van der Waals surface area contributed by atoms with Gasteiger partial charge < -0.3 is 4.74 Å². The molecule has 0 aliphatic rings. The zero-order chi connectivity index (χ0) is 8.97. The van der Waals surface area contributed by atoms with Gasteiger partial charge in [-0.3, -0.25) is 4.98 Å². The summed E-state index contributed by atoms with van der Waals surface area (Å²) in [7, 11) is 1.45. The quantitative estimate of drug-likeness (QED) is 0.664. The third-order valence-corrected chi connectivity index (χ3v) is 1.41. The number of nitrogens with zero attached hydrogens (tertiary/aromatic N) is 2. The predicted molar refractivity (Wildman–Crippen MR) is 39.6 cm³/mol. The van der Waals surface area contributed by atoms with Crippen LogP contribution in [0.5, 0.6) is 0 Å². The second kappa shape index (κ2) is 3.79. The largest absolute Gasteiger partial charge is 0.380 e. The number of halogens is 1. The Labute approximate surface area is 69.4 Å². The minimum absolute atomic E-state index is 0.0945. The maximum absolute atomic E-state index is 12.9. The van der Waals surface area contributed by atoms with Crippen molar-refractivity contribution in [1.29, 1.82) is 5.26 Å². The number of hydrogen-bond acceptors (Lipinski definition) is 3. The number of methoxy groups -OCH3 is 1. The summed E-state index contributed by atoms with van der Waals surface area (Å²) >= 11 is 0. The molecule has 0 bridgehead atoms. The van der Waals surface area contributed by atoms with Gasteiger partial charge in [0.1, 0.15) is 11.9 Å². The fourth-order valence-electron chi connectivity index (χ4n) is 0.849. The number of rotatable bonds is 2. The van der Waals surface area contributed by atoms with Crippen molar-refractivity contribution >= 4 is 0 Å². The summed E-state index contributed by atoms with van der Waals surface area (Å²) in [5.74, 6) is -0.504. The van der Waals surface area contributed by atoms with E-state index in [0.29, 0.717) is 0 Å². The molecule has 0 spiro atoms. The summed E-state index contributed by atoms with van der Waals surface area (Å²) in [5.41, 5.74) is 0.479. The van der Waals surface area contributed by atoms with E-state index in [2.05, 4.69) is 4.98 Å². The van der Waals surface area contributed by atoms with Gasteiger partial charge >= 0.3 is 0 Å². The smallest absolute Gasteiger partial charge is 0.148 e. The highest BCUT2D eigenvalue weighted by atomic mass is 19.1. The first kappa shape index (κ1) is 8.62. The van der Waals surface area contributed by atoms with Crippen molar-refractivity contribution in [2.24, 2.45) is 0 Å². The fourth-order valence-corrected chi connectivity index (χ4v) is 0.849. The minimum Gasteiger partial charge on any atom is -0.380 e. The normalized spacial score (nSPS) is 9.42. The molecule has 62 valence electrons. The van der Waals surface area contributed by atoms with Crippen LogP contribution >= 0.6 is 0 Å². The molecule has 0 aliphatic carbocycles. The molecule has 0 saturated heterocycles. The lowest BCUT2D eigenvalue weighted by atomic mass is 10.1. The molecule has 1 heterocycles. The Morgan fingerprint density at radius 2 is 2.42 bits per heavy atom. The Kier molecular flexibility index (Phi) is 2.72. The summed E-state index contributed by atoms with van der Waals surface area (Å²) in [6.07, 6.45) is 2.38. The molecule has 0 aromatic carbocycles. The molecule has 0 radical (unpaired) electrons. The summed E-state index contributed by atoms with van der Waals surface area (Å²) in [4.78, 5) is 3.54. The zero-order valence-corrected chi connectivity index (χ0v) is 6.54. The van der Waals surface area contributed by atoms with Crippen molar-refractivity contribution in [3.8, 4) is 6.07 Å². The maximum Gasteiger partial charge on any atom is 0.148 e. The molecule has 0 amide bonds. The summed E-state index contributed by atoms with van der Waals surface area (Å²) in [6, 6.07) is 1.84. The van der Waals surface area contributed by atoms with Crippen LogP contribution in [0.15, 0.2) is 12.4 Å². The minimum atomic E-state index is -0.504. The van der Waals surface area contributed by atoms with Crippen LogP contribution in [-0.2, 0) is 11.3 Å². The van der Waals surface area contributed by atoms with Gasteiger partial charge in [-0.05, 0) is 0 Å². The molecular formula is C8H7FN2O. The van der Waals surface area contributed by atoms with Crippen molar-refractivity contribution < 1.29 is 9.13 Å². The predicted octanol–water partition coefficient (Wildman–Crippen LogP) is 1.24. The first-order valence-electron chi connectivity index (χ1n) is 3.31. The molecule has 0 unspecified atom stereocenters. The van der Waals surface area contributed by atoms with Crippen LogP contribution in [0, 0.1) is 17.1 Å². The second-order valence-electron chi connectivity index (χ2n) is 2.19. The van der Waals surface area contributed by atoms with Gasteiger partial charge in [0.2, 0.25) is 0 Å². The van der Waals surface area contributed by atoms with Crippen LogP contribution in [0.1, 0.15) is 11.1 Å². The number of pyridine rings is 1. The van der Waals surface area contributed by atoms with E-state index in [9.17, 15) is 4.39 Å². The van der Waals surface area contributed by atoms with Crippen LogP contribution in [0.4, 0.5) is 4.39 Å². The zero-order valence-electron chi connectivity index (χ0n) is 6.54. The highest BCUT2D eigenvalue weighted by molar-refractivity contribution is 5.34. The average Bonchev–Trinajstić information content (AvgIpc) is 2.09. The molecule has 0 aliphatic heterocycles. The van der Waals surface area contributed by atoms with E-state index < -0.39 is 5.82 Å². The SMILES string of the molecule is COCc1c(F)cncc1C#N. The van der Waals surface area contributed by atoms with Gasteiger partial charge in [0.05, 0.1) is 18.4 Å². The molecule has 4 heteroatoms. The summed E-state index contributed by atoms with van der Waals surface area (Å²) < 4.78 is 17.7. The standard InChI is InChI=1S/C8H7FN2O/c1-12-5-7-6(2-10)3-11-4-8(7)9/h3-4H,5H2,1H3. The van der Waals surface area contributed by atoms with E-state index in [-0.39, 0.29) is 17.7 Å². The van der Waals surface area contributed by atoms with Gasteiger partial charge in [-0.1, -0.05) is 0 Å². The lowest BCUT2D eigenvalue weighted by molar-refractivity contribution is 0.181.